The van der Waals surface area contributed by atoms with Crippen LogP contribution in [0.3, 0.4) is 0 Å². The van der Waals surface area contributed by atoms with Crippen molar-refractivity contribution >= 4 is 17.4 Å². The van der Waals surface area contributed by atoms with E-state index in [0.29, 0.717) is 11.1 Å². The summed E-state index contributed by atoms with van der Waals surface area (Å²) < 4.78 is 26.5. The van der Waals surface area contributed by atoms with Gasteiger partial charge in [-0.05, 0) is 18.2 Å². The summed E-state index contributed by atoms with van der Waals surface area (Å²) in [5.41, 5.74) is 0.0478. The van der Waals surface area contributed by atoms with Gasteiger partial charge in [-0.15, -0.1) is 0 Å². The summed E-state index contributed by atoms with van der Waals surface area (Å²) in [5.74, 6) is -3.61. The molecule has 0 bridgehead atoms. The second-order valence-electron chi connectivity index (χ2n) is 4.10. The van der Waals surface area contributed by atoms with E-state index in [2.05, 4.69) is 0 Å². The van der Waals surface area contributed by atoms with Gasteiger partial charge in [0, 0.05) is 22.2 Å². The molecule has 2 nitrogen and oxygen atoms in total. The lowest BCUT2D eigenvalue weighted by Gasteiger charge is -2.10. The van der Waals surface area contributed by atoms with Crippen LogP contribution >= 0.6 is 11.6 Å². The van der Waals surface area contributed by atoms with Gasteiger partial charge >= 0.3 is 0 Å². The van der Waals surface area contributed by atoms with E-state index in [-0.39, 0.29) is 11.1 Å². The van der Waals surface area contributed by atoms with Crippen molar-refractivity contribution in [3.8, 4) is 6.07 Å². The molecule has 2 rings (SSSR count). The maximum absolute atomic E-state index is 13.7. The SMILES string of the molecule is N#CC(C(=O)c1cccc(Cl)c1)c1ccc(F)cc1F. The molecule has 0 aliphatic heterocycles. The number of nitrogens with zero attached hydrogens (tertiary/aromatic N) is 1. The molecule has 0 N–H and O–H groups in total. The van der Waals surface area contributed by atoms with Gasteiger partial charge in [-0.3, -0.25) is 4.79 Å². The summed E-state index contributed by atoms with van der Waals surface area (Å²) in [7, 11) is 0. The minimum Gasteiger partial charge on any atom is -0.292 e. The number of hydrogen-bond acceptors (Lipinski definition) is 2. The molecule has 0 saturated carbocycles. The first-order chi connectivity index (χ1) is 9.52. The maximum Gasteiger partial charge on any atom is 0.184 e. The van der Waals surface area contributed by atoms with Crippen molar-refractivity contribution in [2.45, 2.75) is 5.92 Å². The van der Waals surface area contributed by atoms with Crippen LogP contribution in [-0.4, -0.2) is 5.78 Å². The number of hydrogen-bond donors (Lipinski definition) is 0. The zero-order valence-electron chi connectivity index (χ0n) is 10.1. The Bertz CT molecular complexity index is 709. The number of Topliss-reactive ketones (excluding diaryl/α,β-unsaturated/α-hetero) is 1. The Hall–Kier alpha value is -2.25. The number of halogens is 3. The Kier molecular flexibility index (Phi) is 4.11. The molecule has 1 unspecified atom stereocenters. The molecule has 100 valence electrons. The molecule has 0 aliphatic rings. The van der Waals surface area contributed by atoms with Gasteiger partial charge in [0.15, 0.2) is 5.78 Å². The van der Waals surface area contributed by atoms with Crippen LogP contribution in [0.2, 0.25) is 5.02 Å². The highest BCUT2D eigenvalue weighted by atomic mass is 35.5. The quantitative estimate of drug-likeness (QED) is 0.799. The van der Waals surface area contributed by atoms with E-state index in [4.69, 9.17) is 16.9 Å². The molecule has 0 aliphatic carbocycles. The van der Waals surface area contributed by atoms with Gasteiger partial charge in [0.2, 0.25) is 0 Å². The lowest BCUT2D eigenvalue weighted by molar-refractivity contribution is 0.0977. The molecular formula is C15H8ClF2NO. The van der Waals surface area contributed by atoms with Crippen LogP contribution in [0.1, 0.15) is 21.8 Å². The molecule has 0 spiro atoms. The first kappa shape index (κ1) is 14.2. The number of rotatable bonds is 3. The zero-order chi connectivity index (χ0) is 14.7. The Morgan fingerprint density at radius 3 is 2.55 bits per heavy atom. The van der Waals surface area contributed by atoms with Gasteiger partial charge in [-0.25, -0.2) is 8.78 Å². The summed E-state index contributed by atoms with van der Waals surface area (Å²) in [6, 6.07) is 10.5. The standard InChI is InChI=1S/C15H8ClF2NO/c16-10-3-1-2-9(6-10)15(20)13(8-19)12-5-4-11(17)7-14(12)18/h1-7,13H. The maximum atomic E-state index is 13.7. The smallest absolute Gasteiger partial charge is 0.184 e. The van der Waals surface area contributed by atoms with Crippen LogP contribution in [0.4, 0.5) is 8.78 Å². The lowest BCUT2D eigenvalue weighted by Crippen LogP contribution is -2.13. The molecule has 0 amide bonds. The molecule has 0 fully saturated rings. The Morgan fingerprint density at radius 1 is 1.20 bits per heavy atom. The highest BCUT2D eigenvalue weighted by molar-refractivity contribution is 6.31. The van der Waals surface area contributed by atoms with Gasteiger partial charge < -0.3 is 0 Å². The summed E-state index contributed by atoms with van der Waals surface area (Å²) in [6.45, 7) is 0. The number of nitriles is 1. The summed E-state index contributed by atoms with van der Waals surface area (Å²) in [5, 5.41) is 9.45. The normalized spacial score (nSPS) is 11.7. The van der Waals surface area contributed by atoms with E-state index in [1.165, 1.54) is 12.1 Å². The van der Waals surface area contributed by atoms with E-state index >= 15 is 0 Å². The third kappa shape index (κ3) is 2.84. The van der Waals surface area contributed by atoms with Crippen molar-refractivity contribution in [3.05, 3.63) is 70.2 Å². The molecule has 0 radical (unpaired) electrons. The highest BCUT2D eigenvalue weighted by Crippen LogP contribution is 2.24. The molecule has 20 heavy (non-hydrogen) atoms. The molecule has 5 heteroatoms. The molecule has 0 heterocycles. The second kappa shape index (κ2) is 5.81. The predicted octanol–water partition coefficient (Wildman–Crippen LogP) is 4.11. The number of carbonyl (C=O) groups excluding carboxylic acids is 1. The number of benzene rings is 2. The van der Waals surface area contributed by atoms with E-state index in [1.54, 1.807) is 18.2 Å². The van der Waals surface area contributed by atoms with Gasteiger partial charge in [-0.2, -0.15) is 5.26 Å². The van der Waals surface area contributed by atoms with Crippen LogP contribution < -0.4 is 0 Å². The van der Waals surface area contributed by atoms with Crippen LogP contribution in [0, 0.1) is 23.0 Å². The second-order valence-corrected chi connectivity index (χ2v) is 4.54. The first-order valence-corrected chi connectivity index (χ1v) is 6.05. The molecular weight excluding hydrogens is 284 g/mol. The summed E-state index contributed by atoms with van der Waals surface area (Å²) >= 11 is 5.78. The summed E-state index contributed by atoms with van der Waals surface area (Å²) in [6.07, 6.45) is 0. The topological polar surface area (TPSA) is 40.9 Å². The van der Waals surface area contributed by atoms with Crippen molar-refractivity contribution in [3.63, 3.8) is 0 Å². The fourth-order valence-electron chi connectivity index (χ4n) is 1.81. The van der Waals surface area contributed by atoms with E-state index < -0.39 is 23.3 Å². The average molecular weight is 292 g/mol. The van der Waals surface area contributed by atoms with E-state index in [1.807, 2.05) is 0 Å². The van der Waals surface area contributed by atoms with Gasteiger partial charge in [0.25, 0.3) is 0 Å². The molecule has 1 atom stereocenters. The van der Waals surface area contributed by atoms with Crippen molar-refractivity contribution in [2.75, 3.05) is 0 Å². The largest absolute Gasteiger partial charge is 0.292 e. The minimum atomic E-state index is -1.34. The fraction of sp³-hybridized carbons (Fsp3) is 0.0667. The Balaban J connectivity index is 2.43. The van der Waals surface area contributed by atoms with Gasteiger partial charge in [0.1, 0.15) is 17.6 Å². The van der Waals surface area contributed by atoms with Crippen LogP contribution in [0.25, 0.3) is 0 Å². The van der Waals surface area contributed by atoms with Gasteiger partial charge in [-0.1, -0.05) is 29.8 Å². The van der Waals surface area contributed by atoms with Crippen molar-refractivity contribution in [1.82, 2.24) is 0 Å². The minimum absolute atomic E-state index is 0.154. The van der Waals surface area contributed by atoms with Crippen molar-refractivity contribution < 1.29 is 13.6 Å². The highest BCUT2D eigenvalue weighted by Gasteiger charge is 2.25. The lowest BCUT2D eigenvalue weighted by atomic mass is 9.91. The van der Waals surface area contributed by atoms with Crippen LogP contribution in [0.5, 0.6) is 0 Å². The third-order valence-corrected chi connectivity index (χ3v) is 3.01. The predicted molar refractivity (Wildman–Crippen MR) is 70.5 cm³/mol. The molecule has 2 aromatic rings. The third-order valence-electron chi connectivity index (χ3n) is 2.77. The van der Waals surface area contributed by atoms with E-state index in [0.717, 1.165) is 12.1 Å². The van der Waals surface area contributed by atoms with E-state index in [9.17, 15) is 13.6 Å². The number of ketones is 1. The first-order valence-electron chi connectivity index (χ1n) is 5.67. The van der Waals surface area contributed by atoms with Crippen LogP contribution in [-0.2, 0) is 0 Å². The molecule has 0 aromatic heterocycles. The van der Waals surface area contributed by atoms with Crippen LogP contribution in [0.15, 0.2) is 42.5 Å². The number of carbonyl (C=O) groups is 1. The molecule has 0 saturated heterocycles. The fourth-order valence-corrected chi connectivity index (χ4v) is 2.00. The molecule has 2 aromatic carbocycles. The summed E-state index contributed by atoms with van der Waals surface area (Å²) in [4.78, 5) is 12.2. The van der Waals surface area contributed by atoms with Gasteiger partial charge in [0.05, 0.1) is 6.07 Å². The zero-order valence-corrected chi connectivity index (χ0v) is 10.9. The van der Waals surface area contributed by atoms with Crippen molar-refractivity contribution in [2.24, 2.45) is 0 Å². The average Bonchev–Trinajstić information content (AvgIpc) is 2.41. The monoisotopic (exact) mass is 291 g/mol. The Labute approximate surface area is 119 Å². The van der Waals surface area contributed by atoms with Crippen molar-refractivity contribution in [1.29, 1.82) is 5.26 Å². The Morgan fingerprint density at radius 2 is 1.95 bits per heavy atom.